The molecule has 0 amide bonds. The van der Waals surface area contributed by atoms with Crippen LogP contribution in [-0.4, -0.2) is 16.3 Å². The Morgan fingerprint density at radius 1 is 1.47 bits per heavy atom. The van der Waals surface area contributed by atoms with E-state index in [1.165, 1.54) is 18.5 Å². The molecule has 1 aromatic rings. The first-order valence-electron chi connectivity index (χ1n) is 5.95. The molecule has 0 bridgehead atoms. The van der Waals surface area contributed by atoms with Crippen LogP contribution >= 0.6 is 0 Å². The van der Waals surface area contributed by atoms with Crippen LogP contribution in [0.25, 0.3) is 0 Å². The average Bonchev–Trinajstić information content (AvgIpc) is 2.67. The van der Waals surface area contributed by atoms with Crippen LogP contribution in [0.2, 0.25) is 0 Å². The Hall–Kier alpha value is -0.830. The standard InChI is InChI=1S/C12H21N3/c1-9(2)15-12(6-7-14-15)11-5-4-10(3)8-13-11/h6-7,9-11,13H,4-5,8H2,1-3H3. The normalized spacial score (nSPS) is 27.2. The lowest BCUT2D eigenvalue weighted by molar-refractivity contribution is 0.315. The van der Waals surface area contributed by atoms with Crippen molar-refractivity contribution < 1.29 is 0 Å². The molecule has 1 aliphatic heterocycles. The lowest BCUT2D eigenvalue weighted by Gasteiger charge is -2.28. The minimum atomic E-state index is 0.455. The zero-order valence-electron chi connectivity index (χ0n) is 9.90. The van der Waals surface area contributed by atoms with E-state index in [1.807, 2.05) is 6.20 Å². The van der Waals surface area contributed by atoms with Gasteiger partial charge in [-0.3, -0.25) is 4.68 Å². The first kappa shape index (κ1) is 10.7. The van der Waals surface area contributed by atoms with E-state index in [1.54, 1.807) is 0 Å². The molecule has 3 nitrogen and oxygen atoms in total. The highest BCUT2D eigenvalue weighted by Crippen LogP contribution is 2.26. The highest BCUT2D eigenvalue weighted by molar-refractivity contribution is 5.08. The second-order valence-electron chi connectivity index (χ2n) is 4.94. The van der Waals surface area contributed by atoms with Gasteiger partial charge in [-0.1, -0.05) is 6.92 Å². The number of hydrogen-bond donors (Lipinski definition) is 1. The molecule has 0 saturated carbocycles. The maximum atomic E-state index is 4.39. The van der Waals surface area contributed by atoms with Crippen molar-refractivity contribution in [2.75, 3.05) is 6.54 Å². The minimum Gasteiger partial charge on any atom is -0.308 e. The molecule has 1 aliphatic rings. The zero-order valence-corrected chi connectivity index (χ0v) is 9.90. The monoisotopic (exact) mass is 207 g/mol. The summed E-state index contributed by atoms with van der Waals surface area (Å²) in [7, 11) is 0. The summed E-state index contributed by atoms with van der Waals surface area (Å²) in [4.78, 5) is 0. The van der Waals surface area contributed by atoms with E-state index in [-0.39, 0.29) is 0 Å². The van der Waals surface area contributed by atoms with E-state index in [2.05, 4.69) is 41.9 Å². The predicted octanol–water partition coefficient (Wildman–Crippen LogP) is 2.52. The van der Waals surface area contributed by atoms with Crippen LogP contribution in [0.3, 0.4) is 0 Å². The number of nitrogens with zero attached hydrogens (tertiary/aromatic N) is 2. The van der Waals surface area contributed by atoms with Crippen LogP contribution < -0.4 is 5.32 Å². The van der Waals surface area contributed by atoms with Crippen LogP contribution in [0.5, 0.6) is 0 Å². The molecule has 0 aromatic carbocycles. The van der Waals surface area contributed by atoms with Crippen LogP contribution in [-0.2, 0) is 0 Å². The molecule has 2 unspecified atom stereocenters. The minimum absolute atomic E-state index is 0.455. The van der Waals surface area contributed by atoms with Crippen molar-refractivity contribution in [3.63, 3.8) is 0 Å². The number of aromatic nitrogens is 2. The molecule has 1 N–H and O–H groups in total. The molecule has 1 aromatic heterocycles. The Kier molecular flexibility index (Phi) is 3.10. The molecule has 2 heterocycles. The number of piperidine rings is 1. The van der Waals surface area contributed by atoms with Crippen LogP contribution in [0.4, 0.5) is 0 Å². The highest BCUT2D eigenvalue weighted by atomic mass is 15.3. The van der Waals surface area contributed by atoms with Gasteiger partial charge in [-0.15, -0.1) is 0 Å². The van der Waals surface area contributed by atoms with Gasteiger partial charge < -0.3 is 5.32 Å². The lowest BCUT2D eigenvalue weighted by Crippen LogP contribution is -2.33. The van der Waals surface area contributed by atoms with Crippen LogP contribution in [0.15, 0.2) is 12.3 Å². The summed E-state index contributed by atoms with van der Waals surface area (Å²) < 4.78 is 2.13. The fraction of sp³-hybridized carbons (Fsp3) is 0.750. The summed E-state index contributed by atoms with van der Waals surface area (Å²) in [5.74, 6) is 0.816. The predicted molar refractivity (Wildman–Crippen MR) is 61.8 cm³/mol. The smallest absolute Gasteiger partial charge is 0.0556 e. The van der Waals surface area contributed by atoms with E-state index in [9.17, 15) is 0 Å². The summed E-state index contributed by atoms with van der Waals surface area (Å²) in [6, 6.07) is 3.11. The van der Waals surface area contributed by atoms with Gasteiger partial charge in [0.05, 0.1) is 5.69 Å². The Morgan fingerprint density at radius 3 is 2.87 bits per heavy atom. The molecule has 15 heavy (non-hydrogen) atoms. The fourth-order valence-corrected chi connectivity index (χ4v) is 2.28. The second-order valence-corrected chi connectivity index (χ2v) is 4.94. The highest BCUT2D eigenvalue weighted by Gasteiger charge is 2.22. The molecule has 2 atom stereocenters. The second kappa shape index (κ2) is 4.35. The molecular weight excluding hydrogens is 186 g/mol. The van der Waals surface area contributed by atoms with Gasteiger partial charge in [-0.25, -0.2) is 0 Å². The topological polar surface area (TPSA) is 29.9 Å². The average molecular weight is 207 g/mol. The van der Waals surface area contributed by atoms with E-state index in [0.717, 1.165) is 12.5 Å². The maximum absolute atomic E-state index is 4.39. The molecule has 1 saturated heterocycles. The van der Waals surface area contributed by atoms with Crippen LogP contribution in [0, 0.1) is 5.92 Å². The first-order valence-corrected chi connectivity index (χ1v) is 5.95. The third-order valence-electron chi connectivity index (χ3n) is 3.21. The molecule has 3 heteroatoms. The number of rotatable bonds is 2. The van der Waals surface area contributed by atoms with Gasteiger partial charge in [-0.05, 0) is 45.2 Å². The molecule has 0 spiro atoms. The zero-order chi connectivity index (χ0) is 10.8. The van der Waals surface area contributed by atoms with E-state index in [0.29, 0.717) is 12.1 Å². The number of nitrogens with one attached hydrogen (secondary N) is 1. The molecule has 0 radical (unpaired) electrons. The molecule has 84 valence electrons. The van der Waals surface area contributed by atoms with Gasteiger partial charge in [0.2, 0.25) is 0 Å². The molecule has 0 aliphatic carbocycles. The summed E-state index contributed by atoms with van der Waals surface area (Å²) in [6.07, 6.45) is 4.47. The van der Waals surface area contributed by atoms with Crippen molar-refractivity contribution in [1.29, 1.82) is 0 Å². The van der Waals surface area contributed by atoms with Crippen molar-refractivity contribution in [2.45, 2.75) is 45.7 Å². The maximum Gasteiger partial charge on any atom is 0.0556 e. The summed E-state index contributed by atoms with van der Waals surface area (Å²) in [5, 5.41) is 7.99. The Labute approximate surface area is 91.9 Å². The van der Waals surface area contributed by atoms with Crippen LogP contribution in [0.1, 0.15) is 51.4 Å². The quantitative estimate of drug-likeness (QED) is 0.807. The first-order chi connectivity index (χ1) is 7.18. The van der Waals surface area contributed by atoms with Gasteiger partial charge in [0.1, 0.15) is 0 Å². The van der Waals surface area contributed by atoms with Gasteiger partial charge in [0.15, 0.2) is 0 Å². The molecule has 2 rings (SSSR count). The largest absolute Gasteiger partial charge is 0.308 e. The van der Waals surface area contributed by atoms with Gasteiger partial charge in [0.25, 0.3) is 0 Å². The summed E-state index contributed by atoms with van der Waals surface area (Å²) >= 11 is 0. The van der Waals surface area contributed by atoms with Gasteiger partial charge in [-0.2, -0.15) is 5.10 Å². The molecule has 1 fully saturated rings. The van der Waals surface area contributed by atoms with Crippen molar-refractivity contribution in [2.24, 2.45) is 5.92 Å². The third-order valence-corrected chi connectivity index (χ3v) is 3.21. The van der Waals surface area contributed by atoms with Gasteiger partial charge in [0, 0.05) is 18.3 Å². The van der Waals surface area contributed by atoms with E-state index in [4.69, 9.17) is 0 Å². The Bertz CT molecular complexity index is 308. The van der Waals surface area contributed by atoms with Crippen molar-refractivity contribution >= 4 is 0 Å². The third kappa shape index (κ3) is 2.23. The van der Waals surface area contributed by atoms with E-state index < -0.39 is 0 Å². The van der Waals surface area contributed by atoms with Crippen molar-refractivity contribution in [3.8, 4) is 0 Å². The van der Waals surface area contributed by atoms with E-state index >= 15 is 0 Å². The van der Waals surface area contributed by atoms with Crippen molar-refractivity contribution in [3.05, 3.63) is 18.0 Å². The number of hydrogen-bond acceptors (Lipinski definition) is 2. The lowest BCUT2D eigenvalue weighted by atomic mass is 9.94. The van der Waals surface area contributed by atoms with Gasteiger partial charge >= 0.3 is 0 Å². The summed E-state index contributed by atoms with van der Waals surface area (Å²) in [5.41, 5.74) is 1.34. The Balaban J connectivity index is 2.12. The summed E-state index contributed by atoms with van der Waals surface area (Å²) in [6.45, 7) is 7.81. The fourth-order valence-electron chi connectivity index (χ4n) is 2.28. The SMILES string of the molecule is CC1CCC(c2ccnn2C(C)C)NC1. The molecular formula is C12H21N3. The van der Waals surface area contributed by atoms with Crippen molar-refractivity contribution in [1.82, 2.24) is 15.1 Å². The Morgan fingerprint density at radius 2 is 2.27 bits per heavy atom.